The first-order chi connectivity index (χ1) is 9.22. The first kappa shape index (κ1) is 12.9. The Hall–Kier alpha value is -1.11. The van der Waals surface area contributed by atoms with Gasteiger partial charge in [0.15, 0.2) is 5.13 Å². The van der Waals surface area contributed by atoms with Crippen molar-refractivity contribution in [2.45, 2.75) is 12.5 Å². The fourth-order valence-electron chi connectivity index (χ4n) is 2.12. The second kappa shape index (κ2) is 5.48. The van der Waals surface area contributed by atoms with E-state index < -0.39 is 0 Å². The number of hydrogen-bond donors (Lipinski definition) is 1. The second-order valence-electron chi connectivity index (χ2n) is 4.32. The van der Waals surface area contributed by atoms with Crippen LogP contribution in [0.3, 0.4) is 0 Å². The van der Waals surface area contributed by atoms with Crippen molar-refractivity contribution in [2.24, 2.45) is 0 Å². The smallest absolute Gasteiger partial charge is 0.261 e. The lowest BCUT2D eigenvalue weighted by Gasteiger charge is -2.15. The van der Waals surface area contributed by atoms with E-state index in [4.69, 9.17) is 11.6 Å². The van der Waals surface area contributed by atoms with E-state index in [1.54, 1.807) is 29.7 Å². The van der Waals surface area contributed by atoms with Crippen molar-refractivity contribution in [3.8, 4) is 0 Å². The van der Waals surface area contributed by atoms with E-state index in [0.29, 0.717) is 9.21 Å². The van der Waals surface area contributed by atoms with Crippen molar-refractivity contribution in [1.82, 2.24) is 10.3 Å². The Bertz CT molecular complexity index is 569. The minimum atomic E-state index is -0.0390. The maximum Gasteiger partial charge on any atom is 0.261 e. The lowest BCUT2D eigenvalue weighted by atomic mass is 10.2. The lowest BCUT2D eigenvalue weighted by Crippen LogP contribution is -2.36. The summed E-state index contributed by atoms with van der Waals surface area (Å²) in [5.41, 5.74) is 0. The molecule has 1 fully saturated rings. The Kier molecular flexibility index (Phi) is 3.72. The standard InChI is InChI=1S/C12H12ClN3OS2/c13-10-2-1-9(19-10)11(17)15-8-3-5-16(7-8)12-14-4-6-18-12/h1-2,4,6,8H,3,5,7H2,(H,15,17). The van der Waals surface area contributed by atoms with Gasteiger partial charge in [-0.25, -0.2) is 4.98 Å². The van der Waals surface area contributed by atoms with Crippen LogP contribution in [0, 0.1) is 0 Å². The van der Waals surface area contributed by atoms with Crippen LogP contribution in [0.1, 0.15) is 16.1 Å². The third-order valence-corrected chi connectivity index (χ3v) is 5.07. The first-order valence-electron chi connectivity index (χ1n) is 5.93. The van der Waals surface area contributed by atoms with Crippen LogP contribution < -0.4 is 10.2 Å². The van der Waals surface area contributed by atoms with Gasteiger partial charge >= 0.3 is 0 Å². The summed E-state index contributed by atoms with van der Waals surface area (Å²) in [4.78, 5) is 19.2. The summed E-state index contributed by atoms with van der Waals surface area (Å²) in [7, 11) is 0. The summed E-state index contributed by atoms with van der Waals surface area (Å²) >= 11 is 8.77. The van der Waals surface area contributed by atoms with Crippen LogP contribution in [0.25, 0.3) is 0 Å². The number of halogens is 1. The zero-order valence-electron chi connectivity index (χ0n) is 10.0. The number of hydrogen-bond acceptors (Lipinski definition) is 5. The molecule has 100 valence electrons. The molecule has 1 amide bonds. The van der Waals surface area contributed by atoms with Gasteiger partial charge in [-0.1, -0.05) is 11.6 Å². The van der Waals surface area contributed by atoms with E-state index in [0.717, 1.165) is 24.6 Å². The van der Waals surface area contributed by atoms with Crippen LogP contribution in [-0.2, 0) is 0 Å². The molecule has 1 unspecified atom stereocenters. The van der Waals surface area contributed by atoms with Crippen molar-refractivity contribution in [1.29, 1.82) is 0 Å². The minimum absolute atomic E-state index is 0.0390. The van der Waals surface area contributed by atoms with Gasteiger partial charge in [0.05, 0.1) is 9.21 Å². The average Bonchev–Trinajstić information content (AvgIpc) is 3.07. The molecular weight excluding hydrogens is 302 g/mol. The molecule has 0 spiro atoms. The molecule has 4 nitrogen and oxygen atoms in total. The Morgan fingerprint density at radius 3 is 3.11 bits per heavy atom. The minimum Gasteiger partial charge on any atom is -0.347 e. The molecule has 1 atom stereocenters. The zero-order valence-corrected chi connectivity index (χ0v) is 12.4. The molecule has 0 radical (unpaired) electrons. The van der Waals surface area contributed by atoms with Crippen molar-refractivity contribution in [3.05, 3.63) is 32.9 Å². The van der Waals surface area contributed by atoms with Crippen molar-refractivity contribution in [2.75, 3.05) is 18.0 Å². The van der Waals surface area contributed by atoms with Gasteiger partial charge in [-0.15, -0.1) is 22.7 Å². The van der Waals surface area contributed by atoms with E-state index in [1.807, 2.05) is 5.38 Å². The fourth-order valence-corrected chi connectivity index (χ4v) is 3.74. The molecule has 0 saturated carbocycles. The molecule has 3 rings (SSSR count). The number of carbonyl (C=O) groups excluding carboxylic acids is 1. The van der Waals surface area contributed by atoms with Crippen LogP contribution in [0.5, 0.6) is 0 Å². The second-order valence-corrected chi connectivity index (χ2v) is 6.91. The predicted molar refractivity (Wildman–Crippen MR) is 79.5 cm³/mol. The van der Waals surface area contributed by atoms with Gasteiger partial charge in [0.2, 0.25) is 0 Å². The highest BCUT2D eigenvalue weighted by Gasteiger charge is 2.25. The number of anilines is 1. The summed E-state index contributed by atoms with van der Waals surface area (Å²) in [6.07, 6.45) is 2.75. The van der Waals surface area contributed by atoms with Crippen LogP contribution in [0.15, 0.2) is 23.7 Å². The molecule has 0 bridgehead atoms. The summed E-state index contributed by atoms with van der Waals surface area (Å²) in [5, 5.41) is 6.04. The summed E-state index contributed by atoms with van der Waals surface area (Å²) in [6.45, 7) is 1.75. The van der Waals surface area contributed by atoms with E-state index >= 15 is 0 Å². The quantitative estimate of drug-likeness (QED) is 0.947. The molecule has 1 aliphatic rings. The number of thiazole rings is 1. The molecule has 1 aliphatic heterocycles. The van der Waals surface area contributed by atoms with Gasteiger partial charge in [-0.3, -0.25) is 4.79 Å². The van der Waals surface area contributed by atoms with Gasteiger partial charge < -0.3 is 10.2 Å². The average molecular weight is 314 g/mol. The van der Waals surface area contributed by atoms with Gasteiger partial charge in [-0.2, -0.15) is 0 Å². The highest BCUT2D eigenvalue weighted by atomic mass is 35.5. The van der Waals surface area contributed by atoms with Crippen LogP contribution in [0.2, 0.25) is 4.34 Å². The normalized spacial score (nSPS) is 18.8. The number of nitrogens with zero attached hydrogens (tertiary/aromatic N) is 2. The molecule has 3 heterocycles. The highest BCUT2D eigenvalue weighted by molar-refractivity contribution is 7.18. The van der Waals surface area contributed by atoms with Crippen molar-refractivity contribution >= 4 is 45.3 Å². The SMILES string of the molecule is O=C(NC1CCN(c2nccs2)C1)c1ccc(Cl)s1. The van der Waals surface area contributed by atoms with Crippen LogP contribution in [0.4, 0.5) is 5.13 Å². The number of carbonyl (C=O) groups is 1. The predicted octanol–water partition coefficient (Wildman–Crippen LogP) is 2.87. The van der Waals surface area contributed by atoms with E-state index in [1.165, 1.54) is 11.3 Å². The molecule has 1 N–H and O–H groups in total. The van der Waals surface area contributed by atoms with E-state index in [-0.39, 0.29) is 11.9 Å². The number of amides is 1. The summed E-state index contributed by atoms with van der Waals surface area (Å²) in [6, 6.07) is 3.69. The topological polar surface area (TPSA) is 45.2 Å². The maximum atomic E-state index is 12.0. The number of thiophene rings is 1. The highest BCUT2D eigenvalue weighted by Crippen LogP contribution is 2.24. The molecule has 19 heavy (non-hydrogen) atoms. The number of nitrogens with one attached hydrogen (secondary N) is 1. The molecule has 7 heteroatoms. The van der Waals surface area contributed by atoms with Gasteiger partial charge in [0.25, 0.3) is 5.91 Å². The lowest BCUT2D eigenvalue weighted by molar-refractivity contribution is 0.0944. The number of aromatic nitrogens is 1. The van der Waals surface area contributed by atoms with Gasteiger partial charge in [0.1, 0.15) is 0 Å². The van der Waals surface area contributed by atoms with Gasteiger partial charge in [-0.05, 0) is 18.6 Å². The van der Waals surface area contributed by atoms with Crippen LogP contribution >= 0.6 is 34.3 Å². The van der Waals surface area contributed by atoms with Crippen molar-refractivity contribution in [3.63, 3.8) is 0 Å². The maximum absolute atomic E-state index is 12.0. The monoisotopic (exact) mass is 313 g/mol. The van der Waals surface area contributed by atoms with Crippen molar-refractivity contribution < 1.29 is 4.79 Å². The molecular formula is C12H12ClN3OS2. The number of rotatable bonds is 3. The van der Waals surface area contributed by atoms with Gasteiger partial charge in [0, 0.05) is 30.7 Å². The Morgan fingerprint density at radius 1 is 1.53 bits per heavy atom. The molecule has 2 aromatic rings. The Labute approximate surface area is 124 Å². The fraction of sp³-hybridized carbons (Fsp3) is 0.333. The molecule has 1 saturated heterocycles. The zero-order chi connectivity index (χ0) is 13.2. The Balaban J connectivity index is 1.59. The Morgan fingerprint density at radius 2 is 2.42 bits per heavy atom. The first-order valence-corrected chi connectivity index (χ1v) is 8.00. The molecule has 0 aromatic carbocycles. The van der Waals surface area contributed by atoms with E-state index in [2.05, 4.69) is 15.2 Å². The third kappa shape index (κ3) is 2.91. The van der Waals surface area contributed by atoms with Crippen LogP contribution in [-0.4, -0.2) is 30.0 Å². The third-order valence-electron chi connectivity index (χ3n) is 3.01. The molecule has 0 aliphatic carbocycles. The summed E-state index contributed by atoms with van der Waals surface area (Å²) in [5.74, 6) is -0.0390. The van der Waals surface area contributed by atoms with E-state index in [9.17, 15) is 4.79 Å². The summed E-state index contributed by atoms with van der Waals surface area (Å²) < 4.78 is 0.640. The largest absolute Gasteiger partial charge is 0.347 e. The molecule has 2 aromatic heterocycles.